The van der Waals surface area contributed by atoms with Gasteiger partial charge in [0.25, 0.3) is 0 Å². The number of aliphatic imine (C=N–C) groups is 1. The van der Waals surface area contributed by atoms with Gasteiger partial charge in [-0.2, -0.15) is 4.90 Å². The standard InChI is InChI=1S/C23H36N4O5S2/c1-9-22(8)10-14-11-34-17(26-23(14,13-30-22)16-25-15(24)12-33-16)27(18(28)31-20(2,3)4)19(29)32-21(5,6)7/h12,14H,9-11,13,24H2,1-8H3/t14-,22-,23-/m0/s1. The molecule has 0 spiro atoms. The van der Waals surface area contributed by atoms with Crippen LogP contribution in [0.2, 0.25) is 0 Å². The first-order valence-electron chi connectivity index (χ1n) is 11.4. The molecule has 2 aliphatic rings. The van der Waals surface area contributed by atoms with E-state index in [1.54, 1.807) is 46.9 Å². The molecule has 0 unspecified atom stereocenters. The SMILES string of the molecule is CC[C@@]1(C)C[C@H]2CSC(N(C(=O)OC(C)(C)C)C(=O)OC(C)(C)C)=N[C@@]2(c2nc(N)cs2)CO1. The van der Waals surface area contributed by atoms with Crippen molar-refractivity contribution < 1.29 is 23.8 Å². The van der Waals surface area contributed by atoms with E-state index in [9.17, 15) is 9.59 Å². The highest BCUT2D eigenvalue weighted by Gasteiger charge is 2.54. The lowest BCUT2D eigenvalue weighted by molar-refractivity contribution is -0.122. The van der Waals surface area contributed by atoms with Crippen molar-refractivity contribution in [3.63, 3.8) is 0 Å². The van der Waals surface area contributed by atoms with Gasteiger partial charge in [-0.15, -0.1) is 11.3 Å². The molecule has 1 aromatic rings. The number of carbonyl (C=O) groups excluding carboxylic acids is 2. The van der Waals surface area contributed by atoms with Crippen LogP contribution in [0.1, 0.15) is 73.2 Å². The monoisotopic (exact) mass is 512 g/mol. The first-order chi connectivity index (χ1) is 15.6. The van der Waals surface area contributed by atoms with Crippen LogP contribution in [0.25, 0.3) is 0 Å². The van der Waals surface area contributed by atoms with E-state index in [0.29, 0.717) is 16.6 Å². The Hall–Kier alpha value is -1.85. The van der Waals surface area contributed by atoms with Crippen molar-refractivity contribution in [1.82, 2.24) is 9.88 Å². The molecule has 2 aliphatic heterocycles. The van der Waals surface area contributed by atoms with Crippen LogP contribution in [0.5, 0.6) is 0 Å². The van der Waals surface area contributed by atoms with E-state index in [0.717, 1.165) is 17.7 Å². The second-order valence-electron chi connectivity index (χ2n) is 11.0. The molecule has 11 heteroatoms. The minimum atomic E-state index is -0.861. The number of rotatable bonds is 2. The number of amidine groups is 1. The van der Waals surface area contributed by atoms with E-state index in [1.807, 2.05) is 0 Å². The molecule has 3 heterocycles. The first-order valence-corrected chi connectivity index (χ1v) is 13.3. The second-order valence-corrected chi connectivity index (χ2v) is 12.8. The zero-order chi connectivity index (χ0) is 25.5. The summed E-state index contributed by atoms with van der Waals surface area (Å²) in [5, 5.41) is 2.68. The normalized spacial score (nSPS) is 27.4. The number of ether oxygens (including phenoxy) is 3. The highest BCUT2D eigenvalue weighted by atomic mass is 32.2. The number of hydrogen-bond donors (Lipinski definition) is 1. The van der Waals surface area contributed by atoms with Gasteiger partial charge in [0.1, 0.15) is 27.6 Å². The Balaban J connectivity index is 2.08. The maximum atomic E-state index is 13.2. The third kappa shape index (κ3) is 5.85. The summed E-state index contributed by atoms with van der Waals surface area (Å²) < 4.78 is 17.4. The Morgan fingerprint density at radius 3 is 2.26 bits per heavy atom. The minimum absolute atomic E-state index is 0.0876. The van der Waals surface area contributed by atoms with Gasteiger partial charge in [-0.1, -0.05) is 18.7 Å². The predicted molar refractivity (Wildman–Crippen MR) is 135 cm³/mol. The number of carbonyl (C=O) groups is 2. The Kier molecular flexibility index (Phi) is 7.32. The Labute approximate surface area is 209 Å². The van der Waals surface area contributed by atoms with E-state index in [2.05, 4.69) is 18.8 Å². The van der Waals surface area contributed by atoms with Crippen molar-refractivity contribution in [1.29, 1.82) is 0 Å². The maximum absolute atomic E-state index is 13.2. The van der Waals surface area contributed by atoms with Gasteiger partial charge >= 0.3 is 12.2 Å². The van der Waals surface area contributed by atoms with Crippen LogP contribution in [-0.4, -0.2) is 56.4 Å². The summed E-state index contributed by atoms with van der Waals surface area (Å²) in [6, 6.07) is 0. The molecule has 3 rings (SSSR count). The van der Waals surface area contributed by atoms with E-state index in [4.69, 9.17) is 24.9 Å². The number of thiazole rings is 1. The summed E-state index contributed by atoms with van der Waals surface area (Å²) in [4.78, 5) is 36.8. The Morgan fingerprint density at radius 2 is 1.79 bits per heavy atom. The number of aromatic nitrogens is 1. The lowest BCUT2D eigenvalue weighted by Gasteiger charge is -2.49. The summed E-state index contributed by atoms with van der Waals surface area (Å²) in [5.41, 5.74) is 3.21. The lowest BCUT2D eigenvalue weighted by Crippen LogP contribution is -2.55. The van der Waals surface area contributed by atoms with Crippen molar-refractivity contribution in [2.75, 3.05) is 18.1 Å². The number of anilines is 1. The summed E-state index contributed by atoms with van der Waals surface area (Å²) in [6.45, 7) is 14.9. The van der Waals surface area contributed by atoms with E-state index < -0.39 is 28.9 Å². The van der Waals surface area contributed by atoms with Gasteiger partial charge in [-0.3, -0.25) is 0 Å². The minimum Gasteiger partial charge on any atom is -0.443 e. The fourth-order valence-corrected chi connectivity index (χ4v) is 5.99. The largest absolute Gasteiger partial charge is 0.443 e. The Morgan fingerprint density at radius 1 is 1.21 bits per heavy atom. The predicted octanol–water partition coefficient (Wildman–Crippen LogP) is 5.40. The van der Waals surface area contributed by atoms with Crippen LogP contribution in [0, 0.1) is 5.92 Å². The van der Waals surface area contributed by atoms with Crippen molar-refractivity contribution >= 4 is 46.3 Å². The molecule has 2 amide bonds. The molecule has 190 valence electrons. The molecule has 1 fully saturated rings. The zero-order valence-corrected chi connectivity index (χ0v) is 22.9. The topological polar surface area (TPSA) is 116 Å². The summed E-state index contributed by atoms with van der Waals surface area (Å²) in [6.07, 6.45) is -0.0419. The molecule has 0 radical (unpaired) electrons. The molecule has 1 saturated heterocycles. The van der Waals surface area contributed by atoms with Gasteiger partial charge in [-0.05, 0) is 61.3 Å². The Bertz CT molecular complexity index is 939. The fraction of sp³-hybridized carbons (Fsp3) is 0.739. The van der Waals surface area contributed by atoms with Gasteiger partial charge in [0.15, 0.2) is 5.17 Å². The van der Waals surface area contributed by atoms with E-state index in [-0.39, 0.29) is 23.3 Å². The summed E-state index contributed by atoms with van der Waals surface area (Å²) >= 11 is 2.75. The zero-order valence-electron chi connectivity index (χ0n) is 21.3. The molecule has 0 aliphatic carbocycles. The van der Waals surface area contributed by atoms with Crippen LogP contribution < -0.4 is 5.73 Å². The number of imide groups is 1. The number of nitrogen functional groups attached to an aromatic ring is 1. The highest BCUT2D eigenvalue weighted by molar-refractivity contribution is 8.13. The fourth-order valence-electron chi connectivity index (χ4n) is 3.83. The molecule has 3 atom stereocenters. The number of hydrogen-bond acceptors (Lipinski definition) is 10. The molecule has 34 heavy (non-hydrogen) atoms. The smallest absolute Gasteiger partial charge is 0.426 e. The van der Waals surface area contributed by atoms with Crippen LogP contribution in [0.4, 0.5) is 15.4 Å². The molecule has 1 aromatic heterocycles. The average Bonchev–Trinajstić information content (AvgIpc) is 3.12. The van der Waals surface area contributed by atoms with Crippen LogP contribution >= 0.6 is 23.1 Å². The molecular formula is C23H36N4O5S2. The lowest BCUT2D eigenvalue weighted by atomic mass is 9.75. The summed E-state index contributed by atoms with van der Waals surface area (Å²) in [7, 11) is 0. The molecule has 0 aromatic carbocycles. The van der Waals surface area contributed by atoms with Crippen molar-refractivity contribution in [2.24, 2.45) is 10.9 Å². The van der Waals surface area contributed by atoms with Crippen molar-refractivity contribution in [2.45, 2.75) is 90.6 Å². The third-order valence-electron chi connectivity index (χ3n) is 5.69. The van der Waals surface area contributed by atoms with Gasteiger partial charge in [-0.25, -0.2) is 19.6 Å². The maximum Gasteiger partial charge on any atom is 0.426 e. The highest BCUT2D eigenvalue weighted by Crippen LogP contribution is 2.50. The number of thioether (sulfide) groups is 1. The van der Waals surface area contributed by atoms with Gasteiger partial charge in [0.2, 0.25) is 0 Å². The van der Waals surface area contributed by atoms with Crippen LogP contribution in [0.15, 0.2) is 10.4 Å². The van der Waals surface area contributed by atoms with Crippen LogP contribution in [-0.2, 0) is 19.7 Å². The van der Waals surface area contributed by atoms with Crippen molar-refractivity contribution in [3.05, 3.63) is 10.4 Å². The van der Waals surface area contributed by atoms with E-state index in [1.165, 1.54) is 23.1 Å². The molecule has 2 N–H and O–H groups in total. The molecule has 0 bridgehead atoms. The summed E-state index contributed by atoms with van der Waals surface area (Å²) in [5.74, 6) is 1.12. The van der Waals surface area contributed by atoms with E-state index >= 15 is 0 Å². The third-order valence-corrected chi connectivity index (χ3v) is 7.82. The van der Waals surface area contributed by atoms with Gasteiger partial charge in [0, 0.05) is 17.1 Å². The molecular weight excluding hydrogens is 476 g/mol. The van der Waals surface area contributed by atoms with Gasteiger partial charge < -0.3 is 19.9 Å². The number of nitrogens with two attached hydrogens (primary N) is 1. The first kappa shape index (κ1) is 26.7. The number of amides is 2. The molecule has 0 saturated carbocycles. The van der Waals surface area contributed by atoms with Gasteiger partial charge in [0.05, 0.1) is 12.2 Å². The quantitative estimate of drug-likeness (QED) is 0.560. The van der Waals surface area contributed by atoms with Crippen LogP contribution in [0.3, 0.4) is 0 Å². The second kappa shape index (κ2) is 9.31. The number of nitrogens with zero attached hydrogens (tertiary/aromatic N) is 3. The average molecular weight is 513 g/mol. The molecule has 9 nitrogen and oxygen atoms in total. The van der Waals surface area contributed by atoms with Crippen molar-refractivity contribution in [3.8, 4) is 0 Å². The number of fused-ring (bicyclic) bond motifs is 1.